The van der Waals surface area contributed by atoms with Crippen molar-refractivity contribution in [2.75, 3.05) is 13.2 Å². The molecule has 1 saturated heterocycles. The molecule has 0 amide bonds. The Hall–Kier alpha value is -1.55. The van der Waals surface area contributed by atoms with Crippen LogP contribution in [0.15, 0.2) is 18.2 Å². The van der Waals surface area contributed by atoms with Gasteiger partial charge in [0, 0.05) is 0 Å². The molecule has 0 bridgehead atoms. The zero-order valence-corrected chi connectivity index (χ0v) is 13.5. The van der Waals surface area contributed by atoms with Crippen LogP contribution in [-0.2, 0) is 9.39 Å². The van der Waals surface area contributed by atoms with Gasteiger partial charge in [-0.25, -0.2) is 0 Å². The van der Waals surface area contributed by atoms with E-state index in [1.165, 1.54) is 0 Å². The van der Waals surface area contributed by atoms with Gasteiger partial charge in [-0.05, 0) is 39.8 Å². The Morgan fingerprint density at radius 2 is 2.00 bits per heavy atom. The average Bonchev–Trinajstić information content (AvgIpc) is 2.40. The number of hydrogen-bond donors (Lipinski definition) is 1. The molecular formula is C16H22BNO4. The quantitative estimate of drug-likeness (QED) is 0.790. The van der Waals surface area contributed by atoms with Crippen LogP contribution in [0, 0.1) is 11.3 Å². The largest absolute Gasteiger partial charge is 0.484 e. The summed E-state index contributed by atoms with van der Waals surface area (Å²) in [6, 6.07) is 7.56. The number of hydrogen-bond acceptors (Lipinski definition) is 5. The van der Waals surface area contributed by atoms with Gasteiger partial charge in [-0.2, -0.15) is 5.26 Å². The van der Waals surface area contributed by atoms with Gasteiger partial charge in [-0.1, -0.05) is 11.5 Å². The van der Waals surface area contributed by atoms with Gasteiger partial charge in [0.15, 0.2) is 0 Å². The van der Waals surface area contributed by atoms with Crippen molar-refractivity contribution >= 4 is 12.9 Å². The summed E-state index contributed by atoms with van der Waals surface area (Å²) >= 11 is 0. The Kier molecular flexibility index (Phi) is 4.81. The summed E-state index contributed by atoms with van der Waals surface area (Å²) in [7, 11) is 0.318. The molecule has 5 nitrogen and oxygen atoms in total. The van der Waals surface area contributed by atoms with E-state index in [2.05, 4.69) is 6.07 Å². The molecule has 22 heavy (non-hydrogen) atoms. The first-order valence-electron chi connectivity index (χ1n) is 7.37. The molecule has 0 unspecified atom stereocenters. The van der Waals surface area contributed by atoms with Crippen LogP contribution in [-0.4, -0.2) is 43.1 Å². The summed E-state index contributed by atoms with van der Waals surface area (Å²) in [6.45, 7) is 8.24. The summed E-state index contributed by atoms with van der Waals surface area (Å²) in [5, 5.41) is 19.4. The number of ether oxygens (including phenoxy) is 2. The van der Waals surface area contributed by atoms with Crippen molar-refractivity contribution in [3.05, 3.63) is 23.8 Å². The lowest BCUT2D eigenvalue weighted by atomic mass is 9.82. The molecule has 0 radical (unpaired) electrons. The maximum atomic E-state index is 10.1. The van der Waals surface area contributed by atoms with Gasteiger partial charge in [0.1, 0.15) is 17.9 Å². The highest BCUT2D eigenvalue weighted by Gasteiger charge is 2.35. The van der Waals surface area contributed by atoms with Crippen LogP contribution >= 0.6 is 0 Å². The van der Waals surface area contributed by atoms with Crippen molar-refractivity contribution in [3.63, 3.8) is 0 Å². The molecule has 1 aromatic carbocycles. The minimum absolute atomic E-state index is 0.0309. The lowest BCUT2D eigenvalue weighted by Gasteiger charge is -2.37. The fourth-order valence-corrected chi connectivity index (χ4v) is 1.76. The lowest BCUT2D eigenvalue weighted by Crippen LogP contribution is -2.49. The normalized spacial score (nSPS) is 15.8. The van der Waals surface area contributed by atoms with Gasteiger partial charge in [0.05, 0.1) is 30.0 Å². The first-order valence-corrected chi connectivity index (χ1v) is 7.37. The fraction of sp³-hybridized carbons (Fsp3) is 0.562. The maximum absolute atomic E-state index is 10.1. The maximum Gasteiger partial charge on any atom is 0.309 e. The van der Waals surface area contributed by atoms with E-state index in [-0.39, 0.29) is 6.10 Å². The third kappa shape index (κ3) is 3.80. The summed E-state index contributed by atoms with van der Waals surface area (Å²) in [5.41, 5.74) is -0.309. The number of nitriles is 1. The second-order valence-electron chi connectivity index (χ2n) is 6.58. The van der Waals surface area contributed by atoms with Crippen LogP contribution in [0.3, 0.4) is 0 Å². The van der Waals surface area contributed by atoms with Crippen molar-refractivity contribution in [2.24, 2.45) is 0 Å². The van der Waals surface area contributed by atoms with Crippen LogP contribution in [0.5, 0.6) is 5.75 Å². The Morgan fingerprint density at radius 3 is 2.50 bits per heavy atom. The summed E-state index contributed by atoms with van der Waals surface area (Å²) in [4.78, 5) is 0. The molecule has 118 valence electrons. The van der Waals surface area contributed by atoms with Crippen LogP contribution in [0.25, 0.3) is 0 Å². The van der Waals surface area contributed by atoms with Gasteiger partial charge in [0.2, 0.25) is 0 Å². The summed E-state index contributed by atoms with van der Waals surface area (Å²) in [6.07, 6.45) is 0.0309. The standard InChI is InChI=1S/C16H22BNO4/c1-15(2,19)16(3,4)22-17-12-5-6-14(11(7-12)8-18)21-13-9-20-10-13/h5-7,13,17,19H,9-10H2,1-4H3. The van der Waals surface area contributed by atoms with Gasteiger partial charge < -0.3 is 19.2 Å². The average molecular weight is 303 g/mol. The van der Waals surface area contributed by atoms with E-state index in [9.17, 15) is 10.4 Å². The highest BCUT2D eigenvalue weighted by Crippen LogP contribution is 2.24. The van der Waals surface area contributed by atoms with E-state index < -0.39 is 11.2 Å². The van der Waals surface area contributed by atoms with Crippen LogP contribution in [0.1, 0.15) is 33.3 Å². The smallest absolute Gasteiger partial charge is 0.309 e. The second-order valence-corrected chi connectivity index (χ2v) is 6.58. The Morgan fingerprint density at radius 1 is 1.32 bits per heavy atom. The van der Waals surface area contributed by atoms with Crippen molar-refractivity contribution in [2.45, 2.75) is 45.0 Å². The third-order valence-corrected chi connectivity index (χ3v) is 4.14. The second kappa shape index (κ2) is 6.29. The lowest BCUT2D eigenvalue weighted by molar-refractivity contribution is -0.0893. The minimum Gasteiger partial charge on any atom is -0.484 e. The molecule has 1 aromatic rings. The molecule has 2 rings (SSSR count). The van der Waals surface area contributed by atoms with E-state index in [0.29, 0.717) is 32.0 Å². The molecule has 1 fully saturated rings. The number of rotatable bonds is 6. The number of aliphatic hydroxyl groups is 1. The van der Waals surface area contributed by atoms with Gasteiger partial charge in [0.25, 0.3) is 0 Å². The highest BCUT2D eigenvalue weighted by molar-refractivity contribution is 6.47. The predicted molar refractivity (Wildman–Crippen MR) is 84.6 cm³/mol. The summed E-state index contributed by atoms with van der Waals surface area (Å²) < 4.78 is 16.6. The van der Waals surface area contributed by atoms with Crippen LogP contribution in [0.4, 0.5) is 0 Å². The van der Waals surface area contributed by atoms with E-state index >= 15 is 0 Å². The first-order chi connectivity index (χ1) is 10.2. The van der Waals surface area contributed by atoms with E-state index in [0.717, 1.165) is 5.46 Å². The molecular weight excluding hydrogens is 281 g/mol. The molecule has 1 aliphatic rings. The SMILES string of the molecule is CC(C)(O)C(C)(C)OBc1ccc(OC2COC2)c(C#N)c1. The molecule has 0 saturated carbocycles. The van der Waals surface area contributed by atoms with Crippen LogP contribution in [0.2, 0.25) is 0 Å². The van der Waals surface area contributed by atoms with Crippen molar-refractivity contribution in [1.82, 2.24) is 0 Å². The van der Waals surface area contributed by atoms with Gasteiger partial charge >= 0.3 is 7.48 Å². The first kappa shape index (κ1) is 16.8. The van der Waals surface area contributed by atoms with E-state index in [1.54, 1.807) is 26.0 Å². The highest BCUT2D eigenvalue weighted by atomic mass is 16.6. The van der Waals surface area contributed by atoms with Crippen molar-refractivity contribution < 1.29 is 19.2 Å². The zero-order chi connectivity index (χ0) is 16.4. The Bertz CT molecular complexity index is 570. The van der Waals surface area contributed by atoms with Crippen LogP contribution < -0.4 is 10.2 Å². The molecule has 0 spiro atoms. The van der Waals surface area contributed by atoms with E-state index in [4.69, 9.17) is 14.1 Å². The molecule has 1 N–H and O–H groups in total. The van der Waals surface area contributed by atoms with Gasteiger partial charge in [-0.15, -0.1) is 0 Å². The molecule has 6 heteroatoms. The fourth-order valence-electron chi connectivity index (χ4n) is 1.76. The topological polar surface area (TPSA) is 71.7 Å². The molecule has 0 aliphatic carbocycles. The monoisotopic (exact) mass is 303 g/mol. The minimum atomic E-state index is -0.960. The molecule has 1 heterocycles. The zero-order valence-electron chi connectivity index (χ0n) is 13.5. The molecule has 0 atom stereocenters. The third-order valence-electron chi connectivity index (χ3n) is 4.14. The number of benzene rings is 1. The Labute approximate surface area is 132 Å². The van der Waals surface area contributed by atoms with E-state index in [1.807, 2.05) is 19.9 Å². The van der Waals surface area contributed by atoms with Crippen molar-refractivity contribution in [1.29, 1.82) is 5.26 Å². The molecule has 0 aromatic heterocycles. The van der Waals surface area contributed by atoms with Gasteiger partial charge in [-0.3, -0.25) is 0 Å². The Balaban J connectivity index is 2.05. The summed E-state index contributed by atoms with van der Waals surface area (Å²) in [5.74, 6) is 0.571. The van der Waals surface area contributed by atoms with Crippen molar-refractivity contribution in [3.8, 4) is 11.8 Å². The molecule has 1 aliphatic heterocycles. The number of nitrogens with zero attached hydrogens (tertiary/aromatic N) is 1. The predicted octanol–water partition coefficient (Wildman–Crippen LogP) is 0.879.